The van der Waals surface area contributed by atoms with Gasteiger partial charge in [0.15, 0.2) is 9.84 Å². The number of hydrogen-bond donors (Lipinski definition) is 2. The average Bonchev–Trinajstić information content (AvgIpc) is 2.73. The molecule has 1 amide bonds. The molecule has 1 aliphatic rings. The highest BCUT2D eigenvalue weighted by molar-refractivity contribution is 7.90. The predicted molar refractivity (Wildman–Crippen MR) is 114 cm³/mol. The van der Waals surface area contributed by atoms with E-state index in [1.54, 1.807) is 42.6 Å². The zero-order valence-electron chi connectivity index (χ0n) is 16.1. The van der Waals surface area contributed by atoms with Crippen molar-refractivity contribution in [3.63, 3.8) is 0 Å². The fraction of sp³-hybridized carbons (Fsp3) is 0.238. The first-order chi connectivity index (χ1) is 13.9. The first-order valence-electron chi connectivity index (χ1n) is 9.38. The van der Waals surface area contributed by atoms with Crippen molar-refractivity contribution in [2.75, 3.05) is 42.7 Å². The van der Waals surface area contributed by atoms with Crippen LogP contribution in [0.4, 0.5) is 11.4 Å². The normalized spacial score (nSPS) is 14.7. The third kappa shape index (κ3) is 4.08. The Morgan fingerprint density at radius 1 is 1.10 bits per heavy atom. The number of benzene rings is 2. The van der Waals surface area contributed by atoms with E-state index in [4.69, 9.17) is 0 Å². The number of carbonyl (C=O) groups excluding carboxylic acids is 1. The van der Waals surface area contributed by atoms with Crippen LogP contribution >= 0.6 is 0 Å². The molecule has 4 rings (SSSR count). The summed E-state index contributed by atoms with van der Waals surface area (Å²) >= 11 is 0. The number of sulfone groups is 1. The summed E-state index contributed by atoms with van der Waals surface area (Å²) in [5.41, 5.74) is 2.28. The average molecular weight is 410 g/mol. The summed E-state index contributed by atoms with van der Waals surface area (Å²) < 4.78 is 24.9. The van der Waals surface area contributed by atoms with E-state index in [0.717, 1.165) is 49.0 Å². The van der Waals surface area contributed by atoms with E-state index in [-0.39, 0.29) is 10.5 Å². The molecule has 1 fully saturated rings. The van der Waals surface area contributed by atoms with Crippen molar-refractivity contribution in [3.05, 3.63) is 60.3 Å². The molecule has 3 aromatic rings. The Morgan fingerprint density at radius 3 is 2.66 bits per heavy atom. The molecule has 0 saturated carbocycles. The monoisotopic (exact) mass is 410 g/mol. The summed E-state index contributed by atoms with van der Waals surface area (Å²) in [5, 5.41) is 6.91. The minimum atomic E-state index is -3.59. The molecule has 29 heavy (non-hydrogen) atoms. The van der Waals surface area contributed by atoms with E-state index in [9.17, 15) is 13.2 Å². The topological polar surface area (TPSA) is 91.4 Å². The lowest BCUT2D eigenvalue weighted by Gasteiger charge is -2.30. The number of nitrogens with one attached hydrogen (secondary N) is 2. The Kier molecular flexibility index (Phi) is 5.21. The van der Waals surface area contributed by atoms with Crippen LogP contribution in [-0.4, -0.2) is 51.7 Å². The Bertz CT molecular complexity index is 1170. The highest BCUT2D eigenvalue weighted by Crippen LogP contribution is 2.27. The molecule has 0 atom stereocenters. The van der Waals surface area contributed by atoms with Crippen LogP contribution in [0.25, 0.3) is 10.9 Å². The van der Waals surface area contributed by atoms with Crippen LogP contribution in [0.5, 0.6) is 0 Å². The Labute approximate surface area is 169 Å². The van der Waals surface area contributed by atoms with Gasteiger partial charge in [-0.2, -0.15) is 0 Å². The van der Waals surface area contributed by atoms with Crippen LogP contribution in [-0.2, 0) is 9.84 Å². The zero-order valence-corrected chi connectivity index (χ0v) is 16.9. The lowest BCUT2D eigenvalue weighted by atomic mass is 10.1. The molecule has 150 valence electrons. The van der Waals surface area contributed by atoms with Crippen molar-refractivity contribution in [1.82, 2.24) is 10.3 Å². The number of aromatic nitrogens is 1. The van der Waals surface area contributed by atoms with Crippen molar-refractivity contribution in [2.24, 2.45) is 0 Å². The number of pyridine rings is 1. The van der Waals surface area contributed by atoms with Gasteiger partial charge in [0, 0.05) is 49.7 Å². The molecule has 0 radical (unpaired) electrons. The molecule has 8 heteroatoms. The highest BCUT2D eigenvalue weighted by atomic mass is 32.2. The Hall–Kier alpha value is -2.97. The maximum atomic E-state index is 13.0. The van der Waals surface area contributed by atoms with Crippen molar-refractivity contribution in [2.45, 2.75) is 4.90 Å². The smallest absolute Gasteiger partial charge is 0.257 e. The molecular weight excluding hydrogens is 388 g/mol. The van der Waals surface area contributed by atoms with Crippen LogP contribution in [0.1, 0.15) is 10.4 Å². The summed E-state index contributed by atoms with van der Waals surface area (Å²) in [6.07, 6.45) is 2.81. The number of fused-ring (bicyclic) bond motifs is 1. The van der Waals surface area contributed by atoms with Crippen LogP contribution in [0.15, 0.2) is 59.6 Å². The molecule has 0 spiro atoms. The molecule has 0 bridgehead atoms. The van der Waals surface area contributed by atoms with Crippen LogP contribution in [0, 0.1) is 0 Å². The molecule has 0 aliphatic carbocycles. The van der Waals surface area contributed by atoms with Crippen LogP contribution in [0.2, 0.25) is 0 Å². The molecule has 2 aromatic carbocycles. The molecule has 2 heterocycles. The molecule has 0 unspecified atom stereocenters. The van der Waals surface area contributed by atoms with E-state index in [1.807, 2.05) is 12.1 Å². The summed E-state index contributed by atoms with van der Waals surface area (Å²) in [4.78, 5) is 19.4. The number of rotatable bonds is 4. The van der Waals surface area contributed by atoms with Crippen molar-refractivity contribution in [3.8, 4) is 0 Å². The van der Waals surface area contributed by atoms with Gasteiger partial charge in [0.2, 0.25) is 0 Å². The predicted octanol–water partition coefficient (Wildman–Crippen LogP) is 2.30. The SMILES string of the molecule is CS(=O)(=O)c1cc(N2CCNCC2)ccc1C(=O)Nc1cccc2ncccc12. The van der Waals surface area contributed by atoms with Gasteiger partial charge in [-0.1, -0.05) is 6.07 Å². The maximum Gasteiger partial charge on any atom is 0.257 e. The largest absolute Gasteiger partial charge is 0.369 e. The minimum absolute atomic E-state index is 0.0318. The van der Waals surface area contributed by atoms with Gasteiger partial charge in [-0.25, -0.2) is 8.42 Å². The number of carbonyl (C=O) groups is 1. The van der Waals surface area contributed by atoms with E-state index in [2.05, 4.69) is 20.5 Å². The first kappa shape index (κ1) is 19.4. The second-order valence-corrected chi connectivity index (χ2v) is 9.00. The number of anilines is 2. The summed E-state index contributed by atoms with van der Waals surface area (Å²) in [7, 11) is -3.59. The molecule has 1 aliphatic heterocycles. The standard InChI is InChI=1S/C21H22N4O3S/c1-29(27,28)20-14-15(25-12-10-22-11-13-25)7-8-17(20)21(26)24-19-6-2-5-18-16(19)4-3-9-23-18/h2-9,14,22H,10-13H2,1H3,(H,24,26). The van der Waals surface area contributed by atoms with Gasteiger partial charge in [-0.05, 0) is 42.5 Å². The lowest BCUT2D eigenvalue weighted by Crippen LogP contribution is -2.43. The molecular formula is C21H22N4O3S. The van der Waals surface area contributed by atoms with Crippen molar-refractivity contribution < 1.29 is 13.2 Å². The number of amides is 1. The maximum absolute atomic E-state index is 13.0. The molecule has 1 saturated heterocycles. The second kappa shape index (κ2) is 7.81. The van der Waals surface area contributed by atoms with E-state index >= 15 is 0 Å². The van der Waals surface area contributed by atoms with Gasteiger partial charge in [0.1, 0.15) is 0 Å². The van der Waals surface area contributed by atoms with E-state index < -0.39 is 15.7 Å². The Balaban J connectivity index is 1.70. The van der Waals surface area contributed by atoms with Gasteiger partial charge in [0.05, 0.1) is 21.7 Å². The van der Waals surface area contributed by atoms with E-state index in [1.165, 1.54) is 0 Å². The number of piperazine rings is 1. The molecule has 1 aromatic heterocycles. The zero-order chi connectivity index (χ0) is 20.4. The summed E-state index contributed by atoms with van der Waals surface area (Å²) in [5.74, 6) is -0.464. The summed E-state index contributed by atoms with van der Waals surface area (Å²) in [6, 6.07) is 14.1. The fourth-order valence-corrected chi connectivity index (χ4v) is 4.42. The van der Waals surface area contributed by atoms with Crippen molar-refractivity contribution in [1.29, 1.82) is 0 Å². The van der Waals surface area contributed by atoms with Gasteiger partial charge in [-0.15, -0.1) is 0 Å². The first-order valence-corrected chi connectivity index (χ1v) is 11.3. The quantitative estimate of drug-likeness (QED) is 0.686. The fourth-order valence-electron chi connectivity index (χ4n) is 3.53. The Morgan fingerprint density at radius 2 is 1.90 bits per heavy atom. The van der Waals surface area contributed by atoms with Crippen LogP contribution < -0.4 is 15.5 Å². The molecule has 7 nitrogen and oxygen atoms in total. The summed E-state index contributed by atoms with van der Waals surface area (Å²) in [6.45, 7) is 3.26. The van der Waals surface area contributed by atoms with Crippen LogP contribution in [0.3, 0.4) is 0 Å². The van der Waals surface area contributed by atoms with Gasteiger partial charge in [-0.3, -0.25) is 9.78 Å². The van der Waals surface area contributed by atoms with Crippen molar-refractivity contribution >= 4 is 38.0 Å². The number of nitrogens with zero attached hydrogens (tertiary/aromatic N) is 2. The number of hydrogen-bond acceptors (Lipinski definition) is 6. The van der Waals surface area contributed by atoms with Gasteiger partial charge < -0.3 is 15.5 Å². The lowest BCUT2D eigenvalue weighted by molar-refractivity contribution is 0.102. The van der Waals surface area contributed by atoms with Gasteiger partial charge >= 0.3 is 0 Å². The molecule has 2 N–H and O–H groups in total. The third-order valence-electron chi connectivity index (χ3n) is 4.99. The highest BCUT2D eigenvalue weighted by Gasteiger charge is 2.22. The van der Waals surface area contributed by atoms with Gasteiger partial charge in [0.25, 0.3) is 5.91 Å². The van der Waals surface area contributed by atoms with E-state index in [0.29, 0.717) is 5.69 Å². The second-order valence-electron chi connectivity index (χ2n) is 7.02. The minimum Gasteiger partial charge on any atom is -0.369 e. The third-order valence-corrected chi connectivity index (χ3v) is 6.12.